The van der Waals surface area contributed by atoms with Crippen LogP contribution >= 0.6 is 15.9 Å². The predicted octanol–water partition coefficient (Wildman–Crippen LogP) is 4.85. The Balaban J connectivity index is 1.50. The van der Waals surface area contributed by atoms with Gasteiger partial charge in [-0.05, 0) is 41.5 Å². The summed E-state index contributed by atoms with van der Waals surface area (Å²) in [6.45, 7) is 0. The van der Waals surface area contributed by atoms with Gasteiger partial charge in [0, 0.05) is 16.2 Å². The zero-order valence-corrected chi connectivity index (χ0v) is 19.1. The third kappa shape index (κ3) is 2.94. The van der Waals surface area contributed by atoms with Gasteiger partial charge in [0.15, 0.2) is 5.78 Å². The summed E-state index contributed by atoms with van der Waals surface area (Å²) in [4.78, 5) is 44.5. The molecular formula is C27H19BrN2O3. The van der Waals surface area contributed by atoms with Gasteiger partial charge >= 0.3 is 0 Å². The summed E-state index contributed by atoms with van der Waals surface area (Å²) >= 11 is 3.41. The van der Waals surface area contributed by atoms with E-state index >= 15 is 0 Å². The number of anilines is 1. The standard InChI is InChI=1S/C27H19BrN2O3/c28-18-12-10-17(11-13-18)25(31)24-22-21(23-20-9-5-4-6-16(20)14-15-29(23)24)26(32)30(27(22)33)19-7-2-1-3-8-19/h1-15,21-24H. The summed E-state index contributed by atoms with van der Waals surface area (Å²) in [6, 6.07) is 22.9. The fraction of sp³-hybridized carbons (Fsp3) is 0.148. The second kappa shape index (κ2) is 7.52. The van der Waals surface area contributed by atoms with Crippen LogP contribution in [-0.2, 0) is 9.59 Å². The molecule has 6 heteroatoms. The first kappa shape index (κ1) is 20.1. The molecular weight excluding hydrogens is 480 g/mol. The second-order valence-electron chi connectivity index (χ2n) is 8.55. The van der Waals surface area contributed by atoms with Crippen molar-refractivity contribution in [3.8, 4) is 0 Å². The number of imide groups is 1. The van der Waals surface area contributed by atoms with E-state index in [1.807, 2.05) is 59.6 Å². The van der Waals surface area contributed by atoms with E-state index in [0.29, 0.717) is 11.3 Å². The summed E-state index contributed by atoms with van der Waals surface area (Å²) in [5, 5.41) is 0. The van der Waals surface area contributed by atoms with E-state index in [9.17, 15) is 14.4 Å². The van der Waals surface area contributed by atoms with Gasteiger partial charge in [0.25, 0.3) is 0 Å². The number of ketones is 1. The Kier molecular flexibility index (Phi) is 4.59. The maximum atomic E-state index is 13.8. The minimum absolute atomic E-state index is 0.153. The van der Waals surface area contributed by atoms with Crippen LogP contribution < -0.4 is 4.90 Å². The first-order chi connectivity index (χ1) is 16.1. The van der Waals surface area contributed by atoms with Gasteiger partial charge in [-0.1, -0.05) is 70.5 Å². The van der Waals surface area contributed by atoms with Crippen molar-refractivity contribution in [2.45, 2.75) is 12.1 Å². The minimum atomic E-state index is -0.755. The number of carbonyl (C=O) groups is 3. The molecule has 0 radical (unpaired) electrons. The van der Waals surface area contributed by atoms with Crippen LogP contribution in [0.25, 0.3) is 6.08 Å². The Morgan fingerprint density at radius 3 is 2.21 bits per heavy atom. The number of fused-ring (bicyclic) bond motifs is 5. The molecule has 0 saturated carbocycles. The first-order valence-corrected chi connectivity index (χ1v) is 11.6. The van der Waals surface area contributed by atoms with E-state index in [1.54, 1.807) is 36.4 Å². The molecule has 162 valence electrons. The van der Waals surface area contributed by atoms with Gasteiger partial charge in [-0.15, -0.1) is 0 Å². The summed E-state index contributed by atoms with van der Waals surface area (Å²) in [6.07, 6.45) is 3.83. The Labute approximate surface area is 199 Å². The van der Waals surface area contributed by atoms with Crippen molar-refractivity contribution in [1.82, 2.24) is 4.90 Å². The van der Waals surface area contributed by atoms with E-state index in [1.165, 1.54) is 4.90 Å². The van der Waals surface area contributed by atoms with Crippen molar-refractivity contribution in [2.75, 3.05) is 4.90 Å². The molecule has 2 saturated heterocycles. The molecule has 0 aromatic heterocycles. The molecule has 3 aromatic rings. The molecule has 0 N–H and O–H groups in total. The lowest BCUT2D eigenvalue weighted by Crippen LogP contribution is -2.44. The number of amides is 2. The average molecular weight is 499 g/mol. The quantitative estimate of drug-likeness (QED) is 0.382. The molecule has 0 spiro atoms. The summed E-state index contributed by atoms with van der Waals surface area (Å²) in [5.41, 5.74) is 3.04. The molecule has 3 heterocycles. The molecule has 6 rings (SSSR count). The van der Waals surface area contributed by atoms with E-state index in [0.717, 1.165) is 15.6 Å². The highest BCUT2D eigenvalue weighted by Crippen LogP contribution is 2.53. The maximum Gasteiger partial charge on any atom is 0.240 e. The number of rotatable bonds is 3. The molecule has 0 bridgehead atoms. The number of carbonyl (C=O) groups excluding carboxylic acids is 3. The summed E-state index contributed by atoms with van der Waals surface area (Å²) < 4.78 is 0.871. The van der Waals surface area contributed by atoms with Crippen LogP contribution in [0.3, 0.4) is 0 Å². The third-order valence-electron chi connectivity index (χ3n) is 6.87. The van der Waals surface area contributed by atoms with Gasteiger partial charge in [-0.3, -0.25) is 14.4 Å². The van der Waals surface area contributed by atoms with Gasteiger partial charge in [-0.2, -0.15) is 0 Å². The Morgan fingerprint density at radius 2 is 1.45 bits per heavy atom. The van der Waals surface area contributed by atoms with Gasteiger partial charge in [-0.25, -0.2) is 4.90 Å². The normalized spacial score (nSPS) is 25.1. The molecule has 0 aliphatic carbocycles. The molecule has 4 unspecified atom stereocenters. The van der Waals surface area contributed by atoms with Crippen LogP contribution in [0, 0.1) is 11.8 Å². The maximum absolute atomic E-state index is 13.8. The molecule has 2 fully saturated rings. The Bertz CT molecular complexity index is 1320. The lowest BCUT2D eigenvalue weighted by molar-refractivity contribution is -0.123. The molecule has 3 aliphatic rings. The topological polar surface area (TPSA) is 57.7 Å². The molecule has 5 nitrogen and oxygen atoms in total. The number of Topliss-reactive ketones (excluding diaryl/α,β-unsaturated/α-hetero) is 1. The van der Waals surface area contributed by atoms with E-state index in [2.05, 4.69) is 15.9 Å². The summed E-state index contributed by atoms with van der Waals surface area (Å²) in [7, 11) is 0. The third-order valence-corrected chi connectivity index (χ3v) is 7.40. The molecule has 3 aromatic carbocycles. The van der Waals surface area contributed by atoms with E-state index < -0.39 is 17.9 Å². The number of hydrogen-bond donors (Lipinski definition) is 0. The highest BCUT2D eigenvalue weighted by Gasteiger charge is 2.64. The number of benzene rings is 3. The lowest BCUT2D eigenvalue weighted by Gasteiger charge is -2.35. The van der Waals surface area contributed by atoms with Crippen molar-refractivity contribution < 1.29 is 14.4 Å². The molecule has 3 aliphatic heterocycles. The van der Waals surface area contributed by atoms with E-state index in [4.69, 9.17) is 0 Å². The van der Waals surface area contributed by atoms with Crippen LogP contribution in [-0.4, -0.2) is 28.5 Å². The number of halogens is 1. The second-order valence-corrected chi connectivity index (χ2v) is 9.47. The van der Waals surface area contributed by atoms with Crippen molar-refractivity contribution in [2.24, 2.45) is 11.8 Å². The number of nitrogens with zero attached hydrogens (tertiary/aromatic N) is 2. The molecule has 33 heavy (non-hydrogen) atoms. The van der Waals surface area contributed by atoms with Crippen molar-refractivity contribution in [3.63, 3.8) is 0 Å². The fourth-order valence-corrected chi connectivity index (χ4v) is 5.74. The van der Waals surface area contributed by atoms with Crippen LogP contribution in [0.1, 0.15) is 27.5 Å². The number of hydrogen-bond acceptors (Lipinski definition) is 4. The van der Waals surface area contributed by atoms with Crippen molar-refractivity contribution in [1.29, 1.82) is 0 Å². The highest BCUT2D eigenvalue weighted by molar-refractivity contribution is 9.10. The molecule has 4 atom stereocenters. The van der Waals surface area contributed by atoms with Crippen molar-refractivity contribution in [3.05, 3.63) is 106 Å². The van der Waals surface area contributed by atoms with Crippen LogP contribution in [0.4, 0.5) is 5.69 Å². The first-order valence-electron chi connectivity index (χ1n) is 10.8. The largest absolute Gasteiger partial charge is 0.358 e. The van der Waals surface area contributed by atoms with Gasteiger partial charge in [0.2, 0.25) is 11.8 Å². The van der Waals surface area contributed by atoms with Crippen LogP contribution in [0.15, 0.2) is 89.5 Å². The lowest BCUT2D eigenvalue weighted by atomic mass is 9.83. The Morgan fingerprint density at radius 1 is 0.788 bits per heavy atom. The monoisotopic (exact) mass is 498 g/mol. The van der Waals surface area contributed by atoms with Gasteiger partial charge < -0.3 is 4.90 Å². The SMILES string of the molecule is O=C(c1ccc(Br)cc1)C1C2C(=O)N(c3ccccc3)C(=O)C2C2c3ccccc3C=CN12. The van der Waals surface area contributed by atoms with Crippen LogP contribution in [0.5, 0.6) is 0 Å². The van der Waals surface area contributed by atoms with Gasteiger partial charge in [0.1, 0.15) is 6.04 Å². The minimum Gasteiger partial charge on any atom is -0.358 e. The summed E-state index contributed by atoms with van der Waals surface area (Å²) in [5.74, 6) is -2.10. The predicted molar refractivity (Wildman–Crippen MR) is 128 cm³/mol. The van der Waals surface area contributed by atoms with Gasteiger partial charge in [0.05, 0.1) is 23.6 Å². The zero-order chi connectivity index (χ0) is 22.7. The average Bonchev–Trinajstić information content (AvgIpc) is 3.32. The highest BCUT2D eigenvalue weighted by atomic mass is 79.9. The number of para-hydroxylation sites is 1. The molecule has 2 amide bonds. The smallest absolute Gasteiger partial charge is 0.240 e. The van der Waals surface area contributed by atoms with Crippen molar-refractivity contribution >= 4 is 45.3 Å². The van der Waals surface area contributed by atoms with E-state index in [-0.39, 0.29) is 23.6 Å². The zero-order valence-electron chi connectivity index (χ0n) is 17.5. The van der Waals surface area contributed by atoms with Crippen LogP contribution in [0.2, 0.25) is 0 Å². The Hall–Kier alpha value is -3.51. The fourth-order valence-electron chi connectivity index (χ4n) is 5.47.